The smallest absolute Gasteiger partial charge is 0.219 e. The Morgan fingerprint density at radius 2 is 0.786 bits per heavy atom. The van der Waals surface area contributed by atoms with Gasteiger partial charge in [0, 0.05) is 25.9 Å². The summed E-state index contributed by atoms with van der Waals surface area (Å²) < 4.78 is 0. The molecule has 0 aromatic carbocycles. The van der Waals surface area contributed by atoms with E-state index in [4.69, 9.17) is 0 Å². The van der Waals surface area contributed by atoms with Crippen LogP contribution in [0, 0.1) is 0 Å². The van der Waals surface area contributed by atoms with Crippen LogP contribution >= 0.6 is 0 Å². The van der Waals surface area contributed by atoms with Gasteiger partial charge in [-0.3, -0.25) is 9.59 Å². The molecule has 2 amide bonds. The van der Waals surface area contributed by atoms with Crippen LogP contribution in [-0.4, -0.2) is 24.9 Å². The van der Waals surface area contributed by atoms with E-state index in [2.05, 4.69) is 24.5 Å². The largest absolute Gasteiger partial charge is 0.356 e. The van der Waals surface area contributed by atoms with Crippen molar-refractivity contribution in [1.29, 1.82) is 0 Å². The maximum atomic E-state index is 11.8. The minimum absolute atomic E-state index is 0.185. The number of hydrogen-bond donors (Lipinski definition) is 2. The third-order valence-corrected chi connectivity index (χ3v) is 5.26. The predicted molar refractivity (Wildman–Crippen MR) is 120 cm³/mol. The molecule has 28 heavy (non-hydrogen) atoms. The van der Waals surface area contributed by atoms with Crippen LogP contribution in [-0.2, 0) is 9.59 Å². The highest BCUT2D eigenvalue weighted by molar-refractivity contribution is 5.76. The molecule has 0 unspecified atom stereocenters. The van der Waals surface area contributed by atoms with E-state index in [1.54, 1.807) is 0 Å². The molecule has 4 nitrogen and oxygen atoms in total. The Labute approximate surface area is 175 Å². The van der Waals surface area contributed by atoms with E-state index in [1.807, 2.05) is 0 Å². The van der Waals surface area contributed by atoms with Gasteiger partial charge in [0.05, 0.1) is 0 Å². The van der Waals surface area contributed by atoms with Gasteiger partial charge < -0.3 is 10.6 Å². The molecule has 0 fully saturated rings. The van der Waals surface area contributed by atoms with Gasteiger partial charge in [0.25, 0.3) is 0 Å². The van der Waals surface area contributed by atoms with Gasteiger partial charge in [-0.25, -0.2) is 0 Å². The van der Waals surface area contributed by atoms with Gasteiger partial charge in [-0.05, 0) is 25.7 Å². The van der Waals surface area contributed by atoms with Crippen molar-refractivity contribution >= 4 is 11.8 Å². The molecule has 0 aromatic heterocycles. The van der Waals surface area contributed by atoms with Gasteiger partial charge in [0.1, 0.15) is 0 Å². The quantitative estimate of drug-likeness (QED) is 0.224. The first-order chi connectivity index (χ1) is 13.7. The number of unbranched alkanes of at least 4 members (excludes halogenated alkanes) is 13. The molecule has 0 aromatic rings. The molecule has 0 saturated heterocycles. The monoisotopic (exact) mass is 396 g/mol. The fourth-order valence-corrected chi connectivity index (χ4v) is 3.37. The van der Waals surface area contributed by atoms with E-state index in [-0.39, 0.29) is 11.8 Å². The van der Waals surface area contributed by atoms with Gasteiger partial charge >= 0.3 is 0 Å². The van der Waals surface area contributed by atoms with Crippen LogP contribution in [0.25, 0.3) is 0 Å². The number of nitrogens with one attached hydrogen (secondary N) is 2. The van der Waals surface area contributed by atoms with Crippen LogP contribution in [0.2, 0.25) is 0 Å². The van der Waals surface area contributed by atoms with Crippen LogP contribution < -0.4 is 10.6 Å². The first-order valence-corrected chi connectivity index (χ1v) is 12.2. The summed E-state index contributed by atoms with van der Waals surface area (Å²) in [6.45, 7) is 6.10. The lowest BCUT2D eigenvalue weighted by molar-refractivity contribution is -0.122. The highest BCUT2D eigenvalue weighted by Gasteiger charge is 2.03. The number of amides is 2. The summed E-state index contributed by atoms with van der Waals surface area (Å²) in [5.41, 5.74) is 0. The van der Waals surface area contributed by atoms with E-state index >= 15 is 0 Å². The Morgan fingerprint density at radius 1 is 0.464 bits per heavy atom. The van der Waals surface area contributed by atoms with Gasteiger partial charge in [0.2, 0.25) is 11.8 Å². The van der Waals surface area contributed by atoms with Crippen molar-refractivity contribution in [3.63, 3.8) is 0 Å². The summed E-state index contributed by atoms with van der Waals surface area (Å²) in [5, 5.41) is 6.05. The molecule has 0 rings (SSSR count). The lowest BCUT2D eigenvalue weighted by Crippen LogP contribution is -2.24. The molecule has 0 spiro atoms. The van der Waals surface area contributed by atoms with Crippen molar-refractivity contribution in [2.45, 2.75) is 129 Å². The highest BCUT2D eigenvalue weighted by Crippen LogP contribution is 2.07. The molecule has 0 saturated carbocycles. The van der Waals surface area contributed by atoms with Crippen LogP contribution in [0.1, 0.15) is 129 Å². The standard InChI is InChI=1S/C24H48N2O2/c1-3-5-7-9-13-17-21-25-23(27)19-15-11-12-16-20-24(28)26-22-18-14-10-8-6-4-2/h3-22H2,1-2H3,(H,25,27)(H,26,28). The van der Waals surface area contributed by atoms with Crippen molar-refractivity contribution in [2.24, 2.45) is 0 Å². The first-order valence-electron chi connectivity index (χ1n) is 12.2. The zero-order valence-electron chi connectivity index (χ0n) is 19.0. The van der Waals surface area contributed by atoms with Crippen LogP contribution in [0.3, 0.4) is 0 Å². The summed E-state index contributed by atoms with van der Waals surface area (Å²) in [7, 11) is 0. The lowest BCUT2D eigenvalue weighted by Gasteiger charge is -2.06. The topological polar surface area (TPSA) is 58.2 Å². The molecule has 4 heteroatoms. The normalized spacial score (nSPS) is 10.8. The second-order valence-corrected chi connectivity index (χ2v) is 8.15. The molecule has 0 bridgehead atoms. The van der Waals surface area contributed by atoms with Crippen LogP contribution in [0.15, 0.2) is 0 Å². The number of rotatable bonds is 21. The molecule has 0 aliphatic heterocycles. The van der Waals surface area contributed by atoms with Gasteiger partial charge in [0.15, 0.2) is 0 Å². The molecule has 0 radical (unpaired) electrons. The van der Waals surface area contributed by atoms with E-state index < -0.39 is 0 Å². The Kier molecular flexibility index (Phi) is 21.4. The molecule has 0 heterocycles. The second kappa shape index (κ2) is 22.2. The number of carbonyl (C=O) groups is 2. The Bertz CT molecular complexity index is 325. The fourth-order valence-electron chi connectivity index (χ4n) is 3.37. The van der Waals surface area contributed by atoms with Crippen molar-refractivity contribution in [1.82, 2.24) is 10.6 Å². The van der Waals surface area contributed by atoms with Gasteiger partial charge in [-0.1, -0.05) is 90.9 Å². The number of hydrogen-bond acceptors (Lipinski definition) is 2. The summed E-state index contributed by atoms with van der Waals surface area (Å²) in [5.74, 6) is 0.371. The fraction of sp³-hybridized carbons (Fsp3) is 0.917. The molecule has 0 atom stereocenters. The zero-order valence-corrected chi connectivity index (χ0v) is 19.0. The van der Waals surface area contributed by atoms with Crippen molar-refractivity contribution in [2.75, 3.05) is 13.1 Å². The molecule has 0 aliphatic rings. The maximum absolute atomic E-state index is 11.8. The van der Waals surface area contributed by atoms with Gasteiger partial charge in [-0.15, -0.1) is 0 Å². The highest BCUT2D eigenvalue weighted by atomic mass is 16.2. The summed E-state index contributed by atoms with van der Waals surface area (Å²) >= 11 is 0. The van der Waals surface area contributed by atoms with Crippen LogP contribution in [0.4, 0.5) is 0 Å². The minimum atomic E-state index is 0.185. The molecule has 2 N–H and O–H groups in total. The average Bonchev–Trinajstić information content (AvgIpc) is 2.69. The maximum Gasteiger partial charge on any atom is 0.219 e. The Morgan fingerprint density at radius 3 is 1.18 bits per heavy atom. The lowest BCUT2D eigenvalue weighted by atomic mass is 10.1. The van der Waals surface area contributed by atoms with E-state index in [9.17, 15) is 9.59 Å². The van der Waals surface area contributed by atoms with Crippen molar-refractivity contribution in [3.8, 4) is 0 Å². The number of carbonyl (C=O) groups excluding carboxylic acids is 2. The third-order valence-electron chi connectivity index (χ3n) is 5.26. The zero-order chi connectivity index (χ0) is 20.7. The summed E-state index contributed by atoms with van der Waals surface area (Å²) in [6, 6.07) is 0. The van der Waals surface area contributed by atoms with E-state index in [0.717, 1.165) is 51.6 Å². The molecular weight excluding hydrogens is 348 g/mol. The molecule has 0 aliphatic carbocycles. The van der Waals surface area contributed by atoms with Crippen molar-refractivity contribution in [3.05, 3.63) is 0 Å². The summed E-state index contributed by atoms with van der Waals surface area (Å²) in [4.78, 5) is 23.5. The van der Waals surface area contributed by atoms with Gasteiger partial charge in [-0.2, -0.15) is 0 Å². The van der Waals surface area contributed by atoms with E-state index in [0.29, 0.717) is 12.8 Å². The average molecular weight is 397 g/mol. The first kappa shape index (κ1) is 26.9. The molecule has 166 valence electrons. The van der Waals surface area contributed by atoms with E-state index in [1.165, 1.54) is 64.2 Å². The minimum Gasteiger partial charge on any atom is -0.356 e. The Balaban J connectivity index is 3.28. The van der Waals surface area contributed by atoms with Crippen LogP contribution in [0.5, 0.6) is 0 Å². The third kappa shape index (κ3) is 21.2. The van der Waals surface area contributed by atoms with Crippen molar-refractivity contribution < 1.29 is 9.59 Å². The summed E-state index contributed by atoms with van der Waals surface area (Å²) in [6.07, 6.45) is 20.3. The second-order valence-electron chi connectivity index (χ2n) is 8.15. The molecular formula is C24H48N2O2. The predicted octanol–water partition coefficient (Wildman–Crippen LogP) is 6.28. The Hall–Kier alpha value is -1.06. The SMILES string of the molecule is CCCCCCCCNC(=O)CCCCCCC(=O)NCCCCCCCC.